The molecule has 2 N–H and O–H groups in total. The molecule has 1 heterocycles. The maximum Gasteiger partial charge on any atom is 0.0703 e. The molecule has 2 rings (SSSR count). The summed E-state index contributed by atoms with van der Waals surface area (Å²) < 4.78 is 0. The van der Waals surface area contributed by atoms with Gasteiger partial charge in [-0.1, -0.05) is 32.0 Å². The van der Waals surface area contributed by atoms with Crippen molar-refractivity contribution in [2.24, 2.45) is 5.41 Å². The highest BCUT2D eigenvalue weighted by molar-refractivity contribution is 5.81. The lowest BCUT2D eigenvalue weighted by molar-refractivity contribution is 0.149. The molecule has 0 aliphatic heterocycles. The molecule has 1 aromatic carbocycles. The van der Waals surface area contributed by atoms with E-state index in [-0.39, 0.29) is 12.0 Å². The zero-order valence-electron chi connectivity index (χ0n) is 11.0. The molecule has 3 nitrogen and oxygen atoms in total. The van der Waals surface area contributed by atoms with E-state index in [2.05, 4.69) is 36.3 Å². The first-order valence-electron chi connectivity index (χ1n) is 6.36. The van der Waals surface area contributed by atoms with E-state index in [9.17, 15) is 5.11 Å². The van der Waals surface area contributed by atoms with E-state index in [1.54, 1.807) is 0 Å². The third-order valence-electron chi connectivity index (χ3n) is 3.55. The van der Waals surface area contributed by atoms with E-state index >= 15 is 0 Å². The summed E-state index contributed by atoms with van der Waals surface area (Å²) in [7, 11) is 0. The Hall–Kier alpha value is -1.61. The van der Waals surface area contributed by atoms with Crippen LogP contribution in [-0.2, 0) is 0 Å². The number of rotatable bonds is 5. The normalized spacial score (nSPS) is 14.4. The molecule has 0 spiro atoms. The number of benzene rings is 1. The average Bonchev–Trinajstić information content (AvgIpc) is 2.44. The largest absolute Gasteiger partial charge is 0.396 e. The summed E-state index contributed by atoms with van der Waals surface area (Å²) in [5.41, 5.74) is 1.93. The molecule has 96 valence electrons. The van der Waals surface area contributed by atoms with Crippen LogP contribution in [0.3, 0.4) is 0 Å². The van der Waals surface area contributed by atoms with Crippen LogP contribution in [0.25, 0.3) is 10.9 Å². The molecule has 0 radical (unpaired) electrons. The van der Waals surface area contributed by atoms with Crippen molar-refractivity contribution < 1.29 is 5.11 Å². The van der Waals surface area contributed by atoms with Crippen molar-refractivity contribution in [3.05, 3.63) is 36.5 Å². The molecule has 1 atom stereocenters. The van der Waals surface area contributed by atoms with Crippen LogP contribution in [0.1, 0.15) is 20.3 Å². The molecule has 0 bridgehead atoms. The summed E-state index contributed by atoms with van der Waals surface area (Å²) in [6, 6.07) is 10.2. The fourth-order valence-electron chi connectivity index (χ4n) is 1.78. The van der Waals surface area contributed by atoms with Gasteiger partial charge in [-0.25, -0.2) is 0 Å². The maximum absolute atomic E-state index is 9.38. The van der Waals surface area contributed by atoms with Crippen molar-refractivity contribution >= 4 is 16.6 Å². The summed E-state index contributed by atoms with van der Waals surface area (Å²) in [6.07, 6.45) is 2.79. The lowest BCUT2D eigenvalue weighted by Crippen LogP contribution is -2.29. The van der Waals surface area contributed by atoms with Crippen LogP contribution in [0.4, 0.5) is 5.69 Å². The first-order chi connectivity index (χ1) is 8.67. The summed E-state index contributed by atoms with van der Waals surface area (Å²) in [5, 5.41) is 13.9. The standard InChI is InChI=1S/C15H20N2O/c1-3-15(2,11-18)10-17-13-8-12-6-4-5-7-14(12)16-9-13/h4-9,17-18H,3,10-11H2,1-2H3. The van der Waals surface area contributed by atoms with Gasteiger partial charge in [0.15, 0.2) is 0 Å². The molecule has 1 aromatic heterocycles. The van der Waals surface area contributed by atoms with Crippen molar-refractivity contribution in [3.8, 4) is 0 Å². The zero-order chi connectivity index (χ0) is 13.0. The van der Waals surface area contributed by atoms with E-state index in [1.807, 2.05) is 24.4 Å². The third kappa shape index (κ3) is 2.79. The fraction of sp³-hybridized carbons (Fsp3) is 0.400. The minimum atomic E-state index is -0.0777. The Bertz CT molecular complexity index is 521. The van der Waals surface area contributed by atoms with Crippen LogP contribution in [0.2, 0.25) is 0 Å². The fourth-order valence-corrected chi connectivity index (χ4v) is 1.78. The Kier molecular flexibility index (Phi) is 3.82. The van der Waals surface area contributed by atoms with Gasteiger partial charge in [0, 0.05) is 17.3 Å². The van der Waals surface area contributed by atoms with Gasteiger partial charge in [0.25, 0.3) is 0 Å². The molecule has 0 saturated carbocycles. The molecular weight excluding hydrogens is 224 g/mol. The molecule has 0 fully saturated rings. The quantitative estimate of drug-likeness (QED) is 0.849. The predicted octanol–water partition coefficient (Wildman–Crippen LogP) is 3.06. The Morgan fingerprint density at radius 3 is 2.83 bits per heavy atom. The van der Waals surface area contributed by atoms with Crippen molar-refractivity contribution in [1.29, 1.82) is 0 Å². The summed E-state index contributed by atoms with van der Waals surface area (Å²) in [6.45, 7) is 5.11. The van der Waals surface area contributed by atoms with Gasteiger partial charge in [-0.15, -0.1) is 0 Å². The summed E-state index contributed by atoms with van der Waals surface area (Å²) >= 11 is 0. The maximum atomic E-state index is 9.38. The number of anilines is 1. The van der Waals surface area contributed by atoms with Gasteiger partial charge < -0.3 is 10.4 Å². The first kappa shape index (κ1) is 12.8. The molecule has 18 heavy (non-hydrogen) atoms. The number of hydrogen-bond acceptors (Lipinski definition) is 3. The van der Waals surface area contributed by atoms with Gasteiger partial charge in [0.2, 0.25) is 0 Å². The van der Waals surface area contributed by atoms with Crippen LogP contribution < -0.4 is 5.32 Å². The smallest absolute Gasteiger partial charge is 0.0703 e. The van der Waals surface area contributed by atoms with E-state index in [0.29, 0.717) is 0 Å². The SMILES string of the molecule is CCC(C)(CO)CNc1cnc2ccccc2c1. The number of aliphatic hydroxyl groups excluding tert-OH is 1. The molecule has 0 aliphatic rings. The molecular formula is C15H20N2O. The zero-order valence-corrected chi connectivity index (χ0v) is 11.0. The lowest BCUT2D eigenvalue weighted by atomic mass is 9.88. The van der Waals surface area contributed by atoms with Gasteiger partial charge >= 0.3 is 0 Å². The monoisotopic (exact) mass is 244 g/mol. The van der Waals surface area contributed by atoms with E-state index in [4.69, 9.17) is 0 Å². The number of fused-ring (bicyclic) bond motifs is 1. The van der Waals surface area contributed by atoms with Gasteiger partial charge in [-0.05, 0) is 18.6 Å². The van der Waals surface area contributed by atoms with E-state index in [1.165, 1.54) is 0 Å². The molecule has 0 saturated heterocycles. The number of nitrogens with zero attached hydrogens (tertiary/aromatic N) is 1. The van der Waals surface area contributed by atoms with Crippen molar-refractivity contribution in [2.75, 3.05) is 18.5 Å². The van der Waals surface area contributed by atoms with Crippen LogP contribution in [0.5, 0.6) is 0 Å². The Morgan fingerprint density at radius 2 is 2.11 bits per heavy atom. The second kappa shape index (κ2) is 5.36. The van der Waals surface area contributed by atoms with Crippen molar-refractivity contribution in [2.45, 2.75) is 20.3 Å². The van der Waals surface area contributed by atoms with Crippen LogP contribution >= 0.6 is 0 Å². The van der Waals surface area contributed by atoms with Crippen LogP contribution in [0.15, 0.2) is 36.5 Å². The highest BCUT2D eigenvalue weighted by atomic mass is 16.3. The second-order valence-electron chi connectivity index (χ2n) is 5.09. The van der Waals surface area contributed by atoms with Gasteiger partial charge in [-0.3, -0.25) is 4.98 Å². The van der Waals surface area contributed by atoms with Crippen LogP contribution in [0, 0.1) is 5.41 Å². The highest BCUT2D eigenvalue weighted by Gasteiger charge is 2.20. The minimum absolute atomic E-state index is 0.0777. The number of para-hydroxylation sites is 1. The van der Waals surface area contributed by atoms with E-state index < -0.39 is 0 Å². The topological polar surface area (TPSA) is 45.1 Å². The first-order valence-corrected chi connectivity index (χ1v) is 6.36. The Balaban J connectivity index is 2.12. The Labute approximate surface area is 108 Å². The van der Waals surface area contributed by atoms with Crippen LogP contribution in [-0.4, -0.2) is 23.2 Å². The average molecular weight is 244 g/mol. The number of hydrogen-bond donors (Lipinski definition) is 2. The molecule has 1 unspecified atom stereocenters. The number of aliphatic hydroxyl groups is 1. The molecule has 3 heteroatoms. The summed E-state index contributed by atoms with van der Waals surface area (Å²) in [5.74, 6) is 0. The van der Waals surface area contributed by atoms with Gasteiger partial charge in [0.1, 0.15) is 0 Å². The van der Waals surface area contributed by atoms with Crippen molar-refractivity contribution in [3.63, 3.8) is 0 Å². The molecule has 0 aliphatic carbocycles. The van der Waals surface area contributed by atoms with Crippen molar-refractivity contribution in [1.82, 2.24) is 4.98 Å². The molecule has 0 amide bonds. The molecule has 2 aromatic rings. The lowest BCUT2D eigenvalue weighted by Gasteiger charge is -2.26. The Morgan fingerprint density at radius 1 is 1.33 bits per heavy atom. The number of pyridine rings is 1. The second-order valence-corrected chi connectivity index (χ2v) is 5.09. The summed E-state index contributed by atoms with van der Waals surface area (Å²) in [4.78, 5) is 4.41. The van der Waals surface area contributed by atoms with Gasteiger partial charge in [0.05, 0.1) is 24.0 Å². The minimum Gasteiger partial charge on any atom is -0.396 e. The van der Waals surface area contributed by atoms with E-state index in [0.717, 1.165) is 29.6 Å². The highest BCUT2D eigenvalue weighted by Crippen LogP contribution is 2.22. The number of nitrogens with one attached hydrogen (secondary N) is 1. The van der Waals surface area contributed by atoms with Gasteiger partial charge in [-0.2, -0.15) is 0 Å². The predicted molar refractivity (Wildman–Crippen MR) is 75.7 cm³/mol. The number of aromatic nitrogens is 1. The third-order valence-corrected chi connectivity index (χ3v) is 3.55.